The highest BCUT2D eigenvalue weighted by atomic mass is 19.4. The summed E-state index contributed by atoms with van der Waals surface area (Å²) in [5.41, 5.74) is 1.96. The zero-order valence-corrected chi connectivity index (χ0v) is 14.9. The summed E-state index contributed by atoms with van der Waals surface area (Å²) in [5.74, 6) is -1.18. The Morgan fingerprint density at radius 3 is 2.62 bits per heavy atom. The van der Waals surface area contributed by atoms with Crippen molar-refractivity contribution in [2.75, 3.05) is 6.54 Å². The number of rotatable bonds is 3. The number of carbonyl (C=O) groups is 1. The molecule has 0 saturated carbocycles. The van der Waals surface area contributed by atoms with Crippen LogP contribution in [0.25, 0.3) is 11.3 Å². The molecule has 4 rings (SSSR count). The summed E-state index contributed by atoms with van der Waals surface area (Å²) < 4.78 is 52.4. The average Bonchev–Trinajstić information content (AvgIpc) is 2.67. The Morgan fingerprint density at radius 1 is 1.03 bits per heavy atom. The van der Waals surface area contributed by atoms with E-state index in [4.69, 9.17) is 0 Å². The van der Waals surface area contributed by atoms with Crippen molar-refractivity contribution in [1.82, 2.24) is 20.3 Å². The first-order valence-corrected chi connectivity index (χ1v) is 8.74. The number of alkyl halides is 3. The summed E-state index contributed by atoms with van der Waals surface area (Å²) in [7, 11) is 0. The van der Waals surface area contributed by atoms with Crippen LogP contribution >= 0.6 is 0 Å². The van der Waals surface area contributed by atoms with Crippen LogP contribution < -0.4 is 5.32 Å². The second kappa shape index (κ2) is 7.23. The maximum Gasteiger partial charge on any atom is 0.416 e. The van der Waals surface area contributed by atoms with Crippen LogP contribution in [0.4, 0.5) is 17.6 Å². The summed E-state index contributed by atoms with van der Waals surface area (Å²) >= 11 is 0. The van der Waals surface area contributed by atoms with E-state index in [1.807, 2.05) is 0 Å². The zero-order valence-electron chi connectivity index (χ0n) is 14.9. The number of pyridine rings is 1. The van der Waals surface area contributed by atoms with Gasteiger partial charge in [0.1, 0.15) is 12.1 Å². The van der Waals surface area contributed by atoms with E-state index in [0.29, 0.717) is 41.5 Å². The second-order valence-electron chi connectivity index (χ2n) is 6.64. The number of nitrogens with zero attached hydrogens (tertiary/aromatic N) is 3. The van der Waals surface area contributed by atoms with Gasteiger partial charge in [-0.15, -0.1) is 0 Å². The molecule has 0 saturated heterocycles. The number of aromatic nitrogens is 3. The monoisotopic (exact) mass is 402 g/mol. The molecule has 3 aromatic rings. The minimum Gasteiger partial charge on any atom is -0.352 e. The molecule has 2 aromatic heterocycles. The molecule has 29 heavy (non-hydrogen) atoms. The second-order valence-corrected chi connectivity index (χ2v) is 6.64. The maximum absolute atomic E-state index is 13.7. The minimum absolute atomic E-state index is 0.000696. The Labute approximate surface area is 162 Å². The van der Waals surface area contributed by atoms with Crippen LogP contribution in [0.2, 0.25) is 0 Å². The van der Waals surface area contributed by atoms with E-state index in [-0.39, 0.29) is 17.9 Å². The van der Waals surface area contributed by atoms with Crippen molar-refractivity contribution in [2.24, 2.45) is 0 Å². The number of carbonyl (C=O) groups excluding carboxylic acids is 1. The molecule has 1 aliphatic rings. The van der Waals surface area contributed by atoms with Crippen LogP contribution in [0.5, 0.6) is 0 Å². The minimum atomic E-state index is -4.64. The van der Waals surface area contributed by atoms with Crippen LogP contribution in [0.1, 0.15) is 32.7 Å². The van der Waals surface area contributed by atoms with Crippen molar-refractivity contribution >= 4 is 5.91 Å². The van der Waals surface area contributed by atoms with Gasteiger partial charge in [0.2, 0.25) is 0 Å². The van der Waals surface area contributed by atoms with Gasteiger partial charge in [-0.2, -0.15) is 13.2 Å². The number of hydrogen-bond donors (Lipinski definition) is 1. The molecule has 0 spiro atoms. The molecule has 0 bridgehead atoms. The molecular formula is C20H14F4N4O. The maximum atomic E-state index is 13.7. The third kappa shape index (κ3) is 3.94. The van der Waals surface area contributed by atoms with Gasteiger partial charge in [-0.1, -0.05) is 0 Å². The lowest BCUT2D eigenvalue weighted by atomic mass is 9.95. The zero-order chi connectivity index (χ0) is 20.6. The smallest absolute Gasteiger partial charge is 0.352 e. The summed E-state index contributed by atoms with van der Waals surface area (Å²) in [4.78, 5) is 24.4. The lowest BCUT2D eigenvalue weighted by Crippen LogP contribution is -2.32. The van der Waals surface area contributed by atoms with E-state index in [2.05, 4.69) is 20.3 Å². The molecule has 1 aliphatic heterocycles. The number of nitrogens with one attached hydrogen (secondary N) is 1. The van der Waals surface area contributed by atoms with Crippen LogP contribution in [-0.2, 0) is 19.0 Å². The predicted octanol–water partition coefficient (Wildman–Crippen LogP) is 3.57. The van der Waals surface area contributed by atoms with Gasteiger partial charge >= 0.3 is 6.18 Å². The summed E-state index contributed by atoms with van der Waals surface area (Å²) in [5, 5.41) is 2.74. The number of benzene rings is 1. The highest BCUT2D eigenvalue weighted by molar-refractivity contribution is 5.98. The van der Waals surface area contributed by atoms with E-state index >= 15 is 0 Å². The van der Waals surface area contributed by atoms with Crippen LogP contribution in [0.3, 0.4) is 0 Å². The normalized spacial score (nSPS) is 13.7. The lowest BCUT2D eigenvalue weighted by molar-refractivity contribution is -0.137. The van der Waals surface area contributed by atoms with E-state index in [1.54, 1.807) is 12.3 Å². The Balaban J connectivity index is 1.69. The molecule has 0 aliphatic carbocycles. The average molecular weight is 402 g/mol. The van der Waals surface area contributed by atoms with Gasteiger partial charge in [0, 0.05) is 36.6 Å². The molecule has 148 valence electrons. The van der Waals surface area contributed by atoms with Gasteiger partial charge in [0.15, 0.2) is 0 Å². The highest BCUT2D eigenvalue weighted by Crippen LogP contribution is 2.31. The van der Waals surface area contributed by atoms with Crippen molar-refractivity contribution in [1.29, 1.82) is 0 Å². The fourth-order valence-electron chi connectivity index (χ4n) is 3.34. The predicted molar refractivity (Wildman–Crippen MR) is 95.5 cm³/mol. The van der Waals surface area contributed by atoms with E-state index in [0.717, 1.165) is 17.7 Å². The summed E-state index contributed by atoms with van der Waals surface area (Å²) in [6.45, 7) is 0.490. The fraction of sp³-hybridized carbons (Fsp3) is 0.200. The van der Waals surface area contributed by atoms with E-state index in [1.165, 1.54) is 12.5 Å². The molecule has 1 amide bonds. The molecule has 9 heteroatoms. The molecule has 0 unspecified atom stereocenters. The van der Waals surface area contributed by atoms with Gasteiger partial charge in [0.25, 0.3) is 5.91 Å². The van der Waals surface area contributed by atoms with Crippen LogP contribution in [-0.4, -0.2) is 27.4 Å². The number of fused-ring (bicyclic) bond motifs is 1. The lowest BCUT2D eigenvalue weighted by Gasteiger charge is -2.18. The Bertz CT molecular complexity index is 1100. The van der Waals surface area contributed by atoms with Gasteiger partial charge in [-0.3, -0.25) is 9.78 Å². The first-order chi connectivity index (χ1) is 13.8. The molecule has 3 heterocycles. The summed E-state index contributed by atoms with van der Waals surface area (Å²) in [6, 6.07) is 4.03. The first kappa shape index (κ1) is 19.0. The molecule has 0 atom stereocenters. The van der Waals surface area contributed by atoms with Crippen molar-refractivity contribution in [3.8, 4) is 11.3 Å². The van der Waals surface area contributed by atoms with Crippen molar-refractivity contribution < 1.29 is 22.4 Å². The number of amides is 1. The Morgan fingerprint density at radius 2 is 1.83 bits per heavy atom. The van der Waals surface area contributed by atoms with Crippen LogP contribution in [0, 0.1) is 5.82 Å². The van der Waals surface area contributed by atoms with E-state index < -0.39 is 17.6 Å². The van der Waals surface area contributed by atoms with Crippen molar-refractivity contribution in [3.63, 3.8) is 0 Å². The standard InChI is InChI=1S/C20H14F4N4O/c21-13-4-11(3-12(6-13)20(22,23)24)5-14-7-18(28-10-27-14)16-8-25-9-17-15(16)1-2-26-19(17)29/h3-4,6-10H,1-2,5H2,(H,26,29). The van der Waals surface area contributed by atoms with Gasteiger partial charge in [-0.05, 0) is 41.8 Å². The highest BCUT2D eigenvalue weighted by Gasteiger charge is 2.31. The van der Waals surface area contributed by atoms with Gasteiger partial charge < -0.3 is 5.32 Å². The molecule has 0 radical (unpaired) electrons. The Kier molecular flexibility index (Phi) is 4.73. The van der Waals surface area contributed by atoms with Crippen LogP contribution in [0.15, 0.2) is 43.0 Å². The fourth-order valence-corrected chi connectivity index (χ4v) is 3.34. The van der Waals surface area contributed by atoms with Crippen molar-refractivity contribution in [2.45, 2.75) is 19.0 Å². The first-order valence-electron chi connectivity index (χ1n) is 8.74. The molecular weight excluding hydrogens is 388 g/mol. The third-order valence-electron chi connectivity index (χ3n) is 4.63. The topological polar surface area (TPSA) is 67.8 Å². The van der Waals surface area contributed by atoms with E-state index in [9.17, 15) is 22.4 Å². The summed E-state index contributed by atoms with van der Waals surface area (Å²) in [6.07, 6.45) is 0.338. The Hall–Kier alpha value is -3.36. The quantitative estimate of drug-likeness (QED) is 0.680. The van der Waals surface area contributed by atoms with Crippen molar-refractivity contribution in [3.05, 3.63) is 76.8 Å². The molecule has 0 fully saturated rings. The van der Waals surface area contributed by atoms with Gasteiger partial charge in [-0.25, -0.2) is 14.4 Å². The SMILES string of the molecule is O=C1NCCc2c1cncc2-c1cc(Cc2cc(F)cc(C(F)(F)F)c2)ncn1. The molecule has 1 N–H and O–H groups in total. The largest absolute Gasteiger partial charge is 0.416 e. The number of hydrogen-bond acceptors (Lipinski definition) is 4. The molecule has 5 nitrogen and oxygen atoms in total. The third-order valence-corrected chi connectivity index (χ3v) is 4.63. The molecule has 1 aromatic carbocycles. The van der Waals surface area contributed by atoms with Gasteiger partial charge in [0.05, 0.1) is 16.8 Å². The number of halogens is 4.